The van der Waals surface area contributed by atoms with Crippen LogP contribution in [0.5, 0.6) is 0 Å². The molecular formula is C22H21NOS. The zero-order chi connectivity index (χ0) is 17.2. The molecule has 0 aromatic heterocycles. The molecule has 0 saturated carbocycles. The Hall–Kier alpha value is -2.26. The van der Waals surface area contributed by atoms with E-state index in [4.69, 9.17) is 0 Å². The van der Waals surface area contributed by atoms with E-state index in [2.05, 4.69) is 55.5 Å². The third-order valence-corrected chi connectivity index (χ3v) is 6.06. The maximum Gasteiger partial charge on any atom is 0.228 e. The van der Waals surface area contributed by atoms with Crippen molar-refractivity contribution in [3.05, 3.63) is 83.4 Å². The molecule has 0 radical (unpaired) electrons. The number of nitrogens with zero attached hydrogens (tertiary/aromatic N) is 1. The van der Waals surface area contributed by atoms with Gasteiger partial charge in [-0.05, 0) is 28.8 Å². The molecule has 25 heavy (non-hydrogen) atoms. The van der Waals surface area contributed by atoms with Crippen LogP contribution in [0.4, 0.5) is 0 Å². The summed E-state index contributed by atoms with van der Waals surface area (Å²) in [5, 5.41) is 2.51. The molecule has 0 aliphatic carbocycles. The molecule has 2 nitrogen and oxygen atoms in total. The zero-order valence-corrected chi connectivity index (χ0v) is 15.1. The van der Waals surface area contributed by atoms with Crippen LogP contribution in [0.25, 0.3) is 10.8 Å². The normalized spacial score (nSPS) is 17.2. The van der Waals surface area contributed by atoms with E-state index >= 15 is 0 Å². The van der Waals surface area contributed by atoms with Crippen LogP contribution < -0.4 is 0 Å². The standard InChI is InChI=1S/C22H21NOS/c1-16-9-11-18(12-10-16)22-23(13-14-25-22)21(24)15-19-7-4-6-17-5-2-3-8-20(17)19/h2-12,22H,13-15H2,1H3. The maximum absolute atomic E-state index is 13.0. The van der Waals surface area contributed by atoms with E-state index in [0.717, 1.165) is 17.9 Å². The summed E-state index contributed by atoms with van der Waals surface area (Å²) in [6.07, 6.45) is 0.463. The van der Waals surface area contributed by atoms with Crippen LogP contribution in [0.3, 0.4) is 0 Å². The second-order valence-electron chi connectivity index (χ2n) is 6.54. The van der Waals surface area contributed by atoms with Gasteiger partial charge in [-0.25, -0.2) is 0 Å². The minimum absolute atomic E-state index is 0.142. The summed E-state index contributed by atoms with van der Waals surface area (Å²) in [7, 11) is 0. The second kappa shape index (κ2) is 6.93. The molecule has 4 rings (SSSR count). The predicted molar refractivity (Wildman–Crippen MR) is 106 cm³/mol. The number of fused-ring (bicyclic) bond motifs is 1. The van der Waals surface area contributed by atoms with Gasteiger partial charge in [0.25, 0.3) is 0 Å². The van der Waals surface area contributed by atoms with Crippen molar-refractivity contribution in [2.75, 3.05) is 12.3 Å². The Morgan fingerprint density at radius 2 is 1.80 bits per heavy atom. The van der Waals surface area contributed by atoms with E-state index in [0.29, 0.717) is 6.42 Å². The van der Waals surface area contributed by atoms with Gasteiger partial charge in [-0.15, -0.1) is 11.8 Å². The average Bonchev–Trinajstić information content (AvgIpc) is 3.12. The minimum Gasteiger partial charge on any atom is -0.325 e. The van der Waals surface area contributed by atoms with E-state index in [9.17, 15) is 4.79 Å². The molecule has 0 N–H and O–H groups in total. The number of benzene rings is 3. The Morgan fingerprint density at radius 3 is 2.64 bits per heavy atom. The summed E-state index contributed by atoms with van der Waals surface area (Å²) in [5.74, 6) is 1.21. The summed E-state index contributed by atoms with van der Waals surface area (Å²) in [4.78, 5) is 15.1. The molecule has 1 atom stereocenters. The highest BCUT2D eigenvalue weighted by Crippen LogP contribution is 2.38. The largest absolute Gasteiger partial charge is 0.325 e. The first-order valence-electron chi connectivity index (χ1n) is 8.67. The maximum atomic E-state index is 13.0. The molecule has 3 aromatic carbocycles. The number of carbonyl (C=O) groups excluding carboxylic acids is 1. The average molecular weight is 347 g/mol. The number of thioether (sulfide) groups is 1. The Bertz CT molecular complexity index is 898. The number of hydrogen-bond donors (Lipinski definition) is 0. The van der Waals surface area contributed by atoms with E-state index in [1.165, 1.54) is 21.9 Å². The summed E-state index contributed by atoms with van der Waals surface area (Å²) in [6.45, 7) is 2.92. The highest BCUT2D eigenvalue weighted by atomic mass is 32.2. The van der Waals surface area contributed by atoms with Gasteiger partial charge in [0, 0.05) is 12.3 Å². The van der Waals surface area contributed by atoms with Crippen molar-refractivity contribution in [2.45, 2.75) is 18.7 Å². The minimum atomic E-state index is 0.142. The van der Waals surface area contributed by atoms with Crippen molar-refractivity contribution < 1.29 is 4.79 Å². The highest BCUT2D eigenvalue weighted by molar-refractivity contribution is 7.99. The third-order valence-electron chi connectivity index (χ3n) is 4.80. The van der Waals surface area contributed by atoms with Crippen LogP contribution in [-0.4, -0.2) is 23.1 Å². The Labute approximate surface area is 152 Å². The van der Waals surface area contributed by atoms with E-state index < -0.39 is 0 Å². The zero-order valence-electron chi connectivity index (χ0n) is 14.3. The Balaban J connectivity index is 1.58. The molecule has 3 heteroatoms. The van der Waals surface area contributed by atoms with Crippen molar-refractivity contribution in [2.24, 2.45) is 0 Å². The number of amides is 1. The monoisotopic (exact) mass is 347 g/mol. The lowest BCUT2D eigenvalue weighted by Crippen LogP contribution is -2.31. The van der Waals surface area contributed by atoms with Gasteiger partial charge in [-0.2, -0.15) is 0 Å². The van der Waals surface area contributed by atoms with Crippen LogP contribution in [0.15, 0.2) is 66.7 Å². The first-order chi connectivity index (χ1) is 12.2. The van der Waals surface area contributed by atoms with Crippen molar-refractivity contribution >= 4 is 28.4 Å². The fourth-order valence-electron chi connectivity index (χ4n) is 3.44. The topological polar surface area (TPSA) is 20.3 Å². The number of carbonyl (C=O) groups is 1. The van der Waals surface area contributed by atoms with Gasteiger partial charge < -0.3 is 4.90 Å². The van der Waals surface area contributed by atoms with Crippen molar-refractivity contribution in [1.82, 2.24) is 4.90 Å². The van der Waals surface area contributed by atoms with Gasteiger partial charge in [-0.1, -0.05) is 72.3 Å². The van der Waals surface area contributed by atoms with Crippen molar-refractivity contribution in [3.63, 3.8) is 0 Å². The lowest BCUT2D eigenvalue weighted by molar-refractivity contribution is -0.130. The van der Waals surface area contributed by atoms with Crippen molar-refractivity contribution in [3.8, 4) is 0 Å². The van der Waals surface area contributed by atoms with Crippen LogP contribution in [0.1, 0.15) is 22.1 Å². The first kappa shape index (κ1) is 16.2. The van der Waals surface area contributed by atoms with Crippen molar-refractivity contribution in [1.29, 1.82) is 0 Å². The van der Waals surface area contributed by atoms with Gasteiger partial charge in [-0.3, -0.25) is 4.79 Å². The predicted octanol–water partition coefficient (Wildman–Crippen LogP) is 4.96. The summed E-state index contributed by atoms with van der Waals surface area (Å²) in [6, 6.07) is 23.1. The smallest absolute Gasteiger partial charge is 0.228 e. The quantitative estimate of drug-likeness (QED) is 0.667. The molecule has 1 saturated heterocycles. The second-order valence-corrected chi connectivity index (χ2v) is 7.72. The van der Waals surface area contributed by atoms with Crippen LogP contribution in [0.2, 0.25) is 0 Å². The Morgan fingerprint density at radius 1 is 1.04 bits per heavy atom. The summed E-state index contributed by atoms with van der Waals surface area (Å²) < 4.78 is 0. The molecule has 1 amide bonds. The van der Waals surface area contributed by atoms with Gasteiger partial charge in [0.15, 0.2) is 0 Å². The lowest BCUT2D eigenvalue weighted by Gasteiger charge is -2.24. The molecule has 1 unspecified atom stereocenters. The van der Waals surface area contributed by atoms with E-state index in [-0.39, 0.29) is 11.3 Å². The number of rotatable bonds is 3. The molecule has 0 bridgehead atoms. The molecule has 1 fully saturated rings. The van der Waals surface area contributed by atoms with Gasteiger partial charge >= 0.3 is 0 Å². The van der Waals surface area contributed by atoms with Crippen LogP contribution in [0, 0.1) is 6.92 Å². The van der Waals surface area contributed by atoms with Gasteiger partial charge in [0.2, 0.25) is 5.91 Å². The third kappa shape index (κ3) is 3.29. The molecule has 1 heterocycles. The molecule has 1 aliphatic rings. The van der Waals surface area contributed by atoms with Crippen LogP contribution >= 0.6 is 11.8 Å². The fourth-order valence-corrected chi connectivity index (χ4v) is 4.72. The summed E-state index contributed by atoms with van der Waals surface area (Å²) >= 11 is 1.86. The Kier molecular flexibility index (Phi) is 4.50. The summed E-state index contributed by atoms with van der Waals surface area (Å²) in [5.41, 5.74) is 3.59. The number of hydrogen-bond acceptors (Lipinski definition) is 2. The molecule has 126 valence electrons. The highest BCUT2D eigenvalue weighted by Gasteiger charge is 2.30. The fraction of sp³-hybridized carbons (Fsp3) is 0.227. The molecular weight excluding hydrogens is 326 g/mol. The molecule has 1 aliphatic heterocycles. The van der Waals surface area contributed by atoms with E-state index in [1.807, 2.05) is 34.9 Å². The van der Waals surface area contributed by atoms with Gasteiger partial charge in [0.05, 0.1) is 6.42 Å². The molecule has 0 spiro atoms. The van der Waals surface area contributed by atoms with E-state index in [1.54, 1.807) is 0 Å². The van der Waals surface area contributed by atoms with Crippen LogP contribution in [-0.2, 0) is 11.2 Å². The van der Waals surface area contributed by atoms with Gasteiger partial charge in [0.1, 0.15) is 5.37 Å². The first-order valence-corrected chi connectivity index (χ1v) is 9.71. The lowest BCUT2D eigenvalue weighted by atomic mass is 10.0. The molecule has 3 aromatic rings. The SMILES string of the molecule is Cc1ccc(C2SCCN2C(=O)Cc2cccc3ccccc23)cc1. The number of aryl methyl sites for hydroxylation is 1.